The molecular formula is C28H31N3O2. The summed E-state index contributed by atoms with van der Waals surface area (Å²) in [6, 6.07) is 23.8. The van der Waals surface area contributed by atoms with Gasteiger partial charge in [0.15, 0.2) is 0 Å². The largest absolute Gasteiger partial charge is 0.494 e. The number of ether oxygens (including phenoxy) is 1. The molecule has 0 aliphatic carbocycles. The number of hydrogen-bond acceptors (Lipinski definition) is 3. The molecule has 4 aromatic rings. The van der Waals surface area contributed by atoms with Crippen LogP contribution in [0, 0.1) is 13.8 Å². The molecule has 0 saturated heterocycles. The summed E-state index contributed by atoms with van der Waals surface area (Å²) in [7, 11) is 0. The van der Waals surface area contributed by atoms with Gasteiger partial charge in [-0.1, -0.05) is 36.4 Å². The number of rotatable bonds is 10. The predicted octanol–water partition coefficient (Wildman–Crippen LogP) is 5.48. The van der Waals surface area contributed by atoms with Crippen LogP contribution < -0.4 is 10.1 Å². The van der Waals surface area contributed by atoms with Crippen LogP contribution in [0.3, 0.4) is 0 Å². The molecule has 0 fully saturated rings. The average Bonchev–Trinajstić information content (AvgIpc) is 3.16. The third kappa shape index (κ3) is 6.01. The van der Waals surface area contributed by atoms with Crippen molar-refractivity contribution < 1.29 is 9.53 Å². The second-order valence-corrected chi connectivity index (χ2v) is 8.42. The number of aryl methyl sites for hydroxylation is 3. The van der Waals surface area contributed by atoms with Gasteiger partial charge in [0.05, 0.1) is 17.6 Å². The number of benzene rings is 3. The minimum absolute atomic E-state index is 0.0539. The molecule has 5 nitrogen and oxygen atoms in total. The Morgan fingerprint density at radius 2 is 1.67 bits per heavy atom. The molecule has 1 amide bonds. The maximum Gasteiger partial charge on any atom is 0.251 e. The van der Waals surface area contributed by atoms with Crippen LogP contribution in [-0.2, 0) is 13.0 Å². The normalized spacial score (nSPS) is 11.0. The smallest absolute Gasteiger partial charge is 0.251 e. The lowest BCUT2D eigenvalue weighted by atomic mass is 10.1. The standard InChI is InChI=1S/C28H31N3O2/c1-21-18-22(2)20-24(19-21)33-17-9-8-16-31-26-13-7-6-12-25(26)30-27(31)14-15-29-28(32)23-10-4-3-5-11-23/h3-7,10-13,18-20H,8-9,14-17H2,1-2H3,(H,29,32). The fourth-order valence-corrected chi connectivity index (χ4v) is 4.12. The fraction of sp³-hybridized carbons (Fsp3) is 0.286. The van der Waals surface area contributed by atoms with Gasteiger partial charge in [0.25, 0.3) is 5.91 Å². The second kappa shape index (κ2) is 10.8. The van der Waals surface area contributed by atoms with Crippen molar-refractivity contribution >= 4 is 16.9 Å². The number of imidazole rings is 1. The highest BCUT2D eigenvalue weighted by Crippen LogP contribution is 2.19. The molecule has 0 radical (unpaired) electrons. The number of fused-ring (bicyclic) bond motifs is 1. The zero-order chi connectivity index (χ0) is 23.0. The summed E-state index contributed by atoms with van der Waals surface area (Å²) in [4.78, 5) is 17.2. The van der Waals surface area contributed by atoms with E-state index in [0.717, 1.165) is 42.0 Å². The van der Waals surface area contributed by atoms with E-state index in [4.69, 9.17) is 9.72 Å². The molecule has 3 aromatic carbocycles. The van der Waals surface area contributed by atoms with Crippen LogP contribution >= 0.6 is 0 Å². The quantitative estimate of drug-likeness (QED) is 0.331. The molecule has 33 heavy (non-hydrogen) atoms. The molecule has 0 aliphatic rings. The highest BCUT2D eigenvalue weighted by atomic mass is 16.5. The molecule has 0 unspecified atom stereocenters. The number of aromatic nitrogens is 2. The van der Waals surface area contributed by atoms with Crippen LogP contribution in [0.15, 0.2) is 72.8 Å². The number of nitrogens with one attached hydrogen (secondary N) is 1. The molecule has 5 heteroatoms. The minimum Gasteiger partial charge on any atom is -0.494 e. The number of amides is 1. The van der Waals surface area contributed by atoms with Crippen LogP contribution in [0.5, 0.6) is 5.75 Å². The van der Waals surface area contributed by atoms with Crippen LogP contribution in [0.2, 0.25) is 0 Å². The van der Waals surface area contributed by atoms with E-state index in [1.54, 1.807) is 0 Å². The highest BCUT2D eigenvalue weighted by Gasteiger charge is 2.11. The first kappa shape index (κ1) is 22.6. The number of hydrogen-bond donors (Lipinski definition) is 1. The molecule has 170 valence electrons. The first-order chi connectivity index (χ1) is 16.1. The number of carbonyl (C=O) groups is 1. The van der Waals surface area contributed by atoms with Crippen molar-refractivity contribution in [2.75, 3.05) is 13.2 Å². The molecule has 1 heterocycles. The Bertz CT molecular complexity index is 1190. The third-order valence-corrected chi connectivity index (χ3v) is 5.64. The Balaban J connectivity index is 1.33. The molecule has 4 rings (SSSR count). The van der Waals surface area contributed by atoms with E-state index < -0.39 is 0 Å². The van der Waals surface area contributed by atoms with Gasteiger partial charge in [-0.15, -0.1) is 0 Å². The van der Waals surface area contributed by atoms with Crippen molar-refractivity contribution in [3.8, 4) is 5.75 Å². The van der Waals surface area contributed by atoms with Crippen LogP contribution in [-0.4, -0.2) is 28.6 Å². The Labute approximate surface area is 195 Å². The average molecular weight is 442 g/mol. The van der Waals surface area contributed by atoms with Crippen LogP contribution in [0.25, 0.3) is 11.0 Å². The first-order valence-corrected chi connectivity index (χ1v) is 11.6. The van der Waals surface area contributed by atoms with Gasteiger partial charge in [-0.05, 0) is 74.2 Å². The monoisotopic (exact) mass is 441 g/mol. The fourth-order valence-electron chi connectivity index (χ4n) is 4.12. The summed E-state index contributed by atoms with van der Waals surface area (Å²) in [6.45, 7) is 6.30. The van der Waals surface area contributed by atoms with Gasteiger partial charge in [-0.3, -0.25) is 4.79 Å². The second-order valence-electron chi connectivity index (χ2n) is 8.42. The SMILES string of the molecule is Cc1cc(C)cc(OCCCCn2c(CCNC(=O)c3ccccc3)nc3ccccc32)c1. The molecule has 0 aliphatic heterocycles. The van der Waals surface area contributed by atoms with E-state index in [1.165, 1.54) is 11.1 Å². The van der Waals surface area contributed by atoms with E-state index in [9.17, 15) is 4.79 Å². The van der Waals surface area contributed by atoms with Crippen molar-refractivity contribution in [3.05, 3.63) is 95.3 Å². The lowest BCUT2D eigenvalue weighted by Crippen LogP contribution is -2.26. The molecule has 0 saturated carbocycles. The number of para-hydroxylation sites is 2. The van der Waals surface area contributed by atoms with Crippen molar-refractivity contribution in [3.63, 3.8) is 0 Å². The Morgan fingerprint density at radius 3 is 2.45 bits per heavy atom. The van der Waals surface area contributed by atoms with Gasteiger partial charge in [0.2, 0.25) is 0 Å². The number of carbonyl (C=O) groups excluding carboxylic acids is 1. The topological polar surface area (TPSA) is 56.1 Å². The zero-order valence-electron chi connectivity index (χ0n) is 19.4. The van der Waals surface area contributed by atoms with Crippen molar-refractivity contribution in [2.24, 2.45) is 0 Å². The van der Waals surface area contributed by atoms with Crippen LogP contribution in [0.4, 0.5) is 0 Å². The van der Waals surface area contributed by atoms with E-state index in [0.29, 0.717) is 25.1 Å². The van der Waals surface area contributed by atoms with Gasteiger partial charge in [-0.25, -0.2) is 4.98 Å². The molecule has 0 atom stereocenters. The summed E-state index contributed by atoms with van der Waals surface area (Å²) in [5.41, 5.74) is 5.25. The van der Waals surface area contributed by atoms with Gasteiger partial charge in [-0.2, -0.15) is 0 Å². The molecule has 1 aromatic heterocycles. The maximum atomic E-state index is 12.3. The Kier molecular flexibility index (Phi) is 7.40. The summed E-state index contributed by atoms with van der Waals surface area (Å²) < 4.78 is 8.24. The zero-order valence-corrected chi connectivity index (χ0v) is 19.4. The summed E-state index contributed by atoms with van der Waals surface area (Å²) >= 11 is 0. The minimum atomic E-state index is -0.0539. The van der Waals surface area contributed by atoms with Crippen molar-refractivity contribution in [2.45, 2.75) is 39.7 Å². The Morgan fingerprint density at radius 1 is 0.939 bits per heavy atom. The van der Waals surface area contributed by atoms with E-state index in [-0.39, 0.29) is 5.91 Å². The number of nitrogens with zero attached hydrogens (tertiary/aromatic N) is 2. The van der Waals surface area contributed by atoms with Gasteiger partial charge in [0, 0.05) is 25.1 Å². The molecule has 0 bridgehead atoms. The summed E-state index contributed by atoms with van der Waals surface area (Å²) in [6.07, 6.45) is 2.64. The van der Waals surface area contributed by atoms with E-state index in [2.05, 4.69) is 48.0 Å². The van der Waals surface area contributed by atoms with Crippen LogP contribution in [0.1, 0.15) is 40.2 Å². The summed E-state index contributed by atoms with van der Waals surface area (Å²) in [5.74, 6) is 1.89. The van der Waals surface area contributed by atoms with Gasteiger partial charge in [0.1, 0.15) is 11.6 Å². The lowest BCUT2D eigenvalue weighted by Gasteiger charge is -2.11. The summed E-state index contributed by atoms with van der Waals surface area (Å²) in [5, 5.41) is 3.01. The van der Waals surface area contributed by atoms with Crippen molar-refractivity contribution in [1.29, 1.82) is 0 Å². The molecule has 1 N–H and O–H groups in total. The maximum absolute atomic E-state index is 12.3. The van der Waals surface area contributed by atoms with Gasteiger partial charge < -0.3 is 14.6 Å². The molecule has 0 spiro atoms. The highest BCUT2D eigenvalue weighted by molar-refractivity contribution is 5.94. The molecular weight excluding hydrogens is 410 g/mol. The van der Waals surface area contributed by atoms with Crippen molar-refractivity contribution in [1.82, 2.24) is 14.9 Å². The van der Waals surface area contributed by atoms with E-state index in [1.807, 2.05) is 48.5 Å². The first-order valence-electron chi connectivity index (χ1n) is 11.6. The third-order valence-electron chi connectivity index (χ3n) is 5.64. The van der Waals surface area contributed by atoms with Gasteiger partial charge >= 0.3 is 0 Å². The van der Waals surface area contributed by atoms with E-state index >= 15 is 0 Å². The number of unbranched alkanes of at least 4 members (excludes halogenated alkanes) is 1. The lowest BCUT2D eigenvalue weighted by molar-refractivity contribution is 0.0954. The predicted molar refractivity (Wildman–Crippen MR) is 133 cm³/mol. The Hall–Kier alpha value is -3.60.